The Bertz CT molecular complexity index is 626. The highest BCUT2D eigenvalue weighted by Crippen LogP contribution is 2.26. The number of methoxy groups -OCH3 is 1. The molecular weight excluding hydrogens is 280 g/mol. The molecule has 2 aromatic heterocycles. The number of aromatic nitrogens is 3. The number of carbonyl (C=O) groups excluding carboxylic acids is 1. The van der Waals surface area contributed by atoms with E-state index in [9.17, 15) is 4.79 Å². The van der Waals surface area contributed by atoms with Gasteiger partial charge in [-0.25, -0.2) is 9.78 Å². The van der Waals surface area contributed by atoms with Crippen LogP contribution in [0.1, 0.15) is 30.3 Å². The number of likely N-dealkylation sites (tertiary alicyclic amines) is 1. The van der Waals surface area contributed by atoms with Gasteiger partial charge in [-0.2, -0.15) is 0 Å². The summed E-state index contributed by atoms with van der Waals surface area (Å²) in [5.41, 5.74) is 1.00. The Kier molecular flexibility index (Phi) is 4.37. The van der Waals surface area contributed by atoms with Gasteiger partial charge >= 0.3 is 6.09 Å². The van der Waals surface area contributed by atoms with Crippen LogP contribution < -0.4 is 0 Å². The molecule has 0 aromatic carbocycles. The fourth-order valence-electron chi connectivity index (χ4n) is 2.96. The normalized spacial score (nSPS) is 18.2. The van der Waals surface area contributed by atoms with Crippen molar-refractivity contribution in [3.05, 3.63) is 48.3 Å². The highest BCUT2D eigenvalue weighted by molar-refractivity contribution is 5.67. The third-order valence-corrected chi connectivity index (χ3v) is 4.03. The van der Waals surface area contributed by atoms with Gasteiger partial charge in [0, 0.05) is 37.6 Å². The predicted octanol–water partition coefficient (Wildman–Crippen LogP) is 2.27. The summed E-state index contributed by atoms with van der Waals surface area (Å²) in [6.07, 6.45) is 7.33. The molecule has 0 spiro atoms. The number of hydrogen-bond donors (Lipinski definition) is 0. The summed E-state index contributed by atoms with van der Waals surface area (Å²) in [6.45, 7) is 2.11. The van der Waals surface area contributed by atoms with Gasteiger partial charge in [-0.3, -0.25) is 4.98 Å². The highest BCUT2D eigenvalue weighted by Gasteiger charge is 2.27. The van der Waals surface area contributed by atoms with Crippen molar-refractivity contribution in [2.24, 2.45) is 0 Å². The number of ether oxygens (including phenoxy) is 1. The molecule has 3 rings (SSSR count). The van der Waals surface area contributed by atoms with Crippen molar-refractivity contribution >= 4 is 6.09 Å². The van der Waals surface area contributed by atoms with Gasteiger partial charge in [0.2, 0.25) is 0 Å². The van der Waals surface area contributed by atoms with Gasteiger partial charge in [-0.1, -0.05) is 6.07 Å². The molecule has 116 valence electrons. The van der Waals surface area contributed by atoms with Crippen molar-refractivity contribution in [3.63, 3.8) is 0 Å². The van der Waals surface area contributed by atoms with Gasteiger partial charge in [-0.15, -0.1) is 0 Å². The zero-order valence-electron chi connectivity index (χ0n) is 12.7. The first-order valence-corrected chi connectivity index (χ1v) is 7.51. The second kappa shape index (κ2) is 6.60. The number of pyridine rings is 1. The van der Waals surface area contributed by atoms with Crippen molar-refractivity contribution in [1.29, 1.82) is 0 Å². The minimum absolute atomic E-state index is 0.242. The first-order chi connectivity index (χ1) is 10.8. The summed E-state index contributed by atoms with van der Waals surface area (Å²) in [5.74, 6) is 1.26. The van der Waals surface area contributed by atoms with E-state index in [0.717, 1.165) is 30.9 Å². The molecule has 1 atom stereocenters. The molecular formula is C16H20N4O2. The lowest BCUT2D eigenvalue weighted by Crippen LogP contribution is -2.39. The molecule has 3 heterocycles. The van der Waals surface area contributed by atoms with E-state index >= 15 is 0 Å². The molecule has 1 aliphatic rings. The Morgan fingerprint density at radius 1 is 1.36 bits per heavy atom. The van der Waals surface area contributed by atoms with E-state index in [2.05, 4.69) is 14.5 Å². The lowest BCUT2D eigenvalue weighted by atomic mass is 9.97. The average molecular weight is 300 g/mol. The van der Waals surface area contributed by atoms with Crippen molar-refractivity contribution in [2.45, 2.75) is 25.3 Å². The van der Waals surface area contributed by atoms with Crippen molar-refractivity contribution in [1.82, 2.24) is 19.4 Å². The molecule has 0 bridgehead atoms. The van der Waals surface area contributed by atoms with Crippen molar-refractivity contribution < 1.29 is 9.53 Å². The molecule has 2 aromatic rings. The summed E-state index contributed by atoms with van der Waals surface area (Å²) in [6, 6.07) is 5.90. The molecule has 0 saturated carbocycles. The minimum Gasteiger partial charge on any atom is -0.453 e. The van der Waals surface area contributed by atoms with Gasteiger partial charge in [0.15, 0.2) is 0 Å². The van der Waals surface area contributed by atoms with Crippen LogP contribution in [0.3, 0.4) is 0 Å². The SMILES string of the molecule is COC(=O)N1CCCC(c2nccn2Cc2ccccn2)C1. The van der Waals surface area contributed by atoms with E-state index in [1.54, 1.807) is 11.1 Å². The topological polar surface area (TPSA) is 60.2 Å². The Labute approximate surface area is 129 Å². The van der Waals surface area contributed by atoms with Gasteiger partial charge in [0.05, 0.1) is 19.3 Å². The largest absolute Gasteiger partial charge is 0.453 e. The van der Waals surface area contributed by atoms with E-state index < -0.39 is 0 Å². The second-order valence-corrected chi connectivity index (χ2v) is 5.49. The Balaban J connectivity index is 1.75. The fraction of sp³-hybridized carbons (Fsp3) is 0.438. The standard InChI is InChI=1S/C16H20N4O2/c1-22-16(21)20-9-4-5-13(11-20)15-18-8-10-19(15)12-14-6-2-3-7-17-14/h2-3,6-8,10,13H,4-5,9,11-12H2,1H3. The summed E-state index contributed by atoms with van der Waals surface area (Å²) in [7, 11) is 1.42. The third-order valence-electron chi connectivity index (χ3n) is 4.03. The van der Waals surface area contributed by atoms with Crippen LogP contribution in [-0.2, 0) is 11.3 Å². The van der Waals surface area contributed by atoms with E-state index in [1.165, 1.54) is 7.11 Å². The summed E-state index contributed by atoms with van der Waals surface area (Å²) >= 11 is 0. The van der Waals surface area contributed by atoms with Gasteiger partial charge in [0.25, 0.3) is 0 Å². The zero-order chi connectivity index (χ0) is 15.4. The zero-order valence-corrected chi connectivity index (χ0v) is 12.7. The molecule has 1 fully saturated rings. The van der Waals surface area contributed by atoms with E-state index in [4.69, 9.17) is 4.74 Å². The van der Waals surface area contributed by atoms with Crippen molar-refractivity contribution in [2.75, 3.05) is 20.2 Å². The van der Waals surface area contributed by atoms with Crippen LogP contribution in [0, 0.1) is 0 Å². The average Bonchev–Trinajstić information content (AvgIpc) is 3.03. The Morgan fingerprint density at radius 3 is 3.05 bits per heavy atom. The van der Waals surface area contributed by atoms with Gasteiger partial charge < -0.3 is 14.2 Å². The van der Waals surface area contributed by atoms with E-state index in [-0.39, 0.29) is 12.0 Å². The van der Waals surface area contributed by atoms with Gasteiger partial charge in [-0.05, 0) is 25.0 Å². The summed E-state index contributed by atoms with van der Waals surface area (Å²) < 4.78 is 6.95. The number of carbonyl (C=O) groups is 1. The molecule has 6 nitrogen and oxygen atoms in total. The maximum Gasteiger partial charge on any atom is 0.409 e. The number of rotatable bonds is 3. The predicted molar refractivity (Wildman–Crippen MR) is 81.5 cm³/mol. The maximum atomic E-state index is 11.7. The molecule has 1 unspecified atom stereocenters. The van der Waals surface area contributed by atoms with Crippen molar-refractivity contribution in [3.8, 4) is 0 Å². The van der Waals surface area contributed by atoms with Crippen LogP contribution >= 0.6 is 0 Å². The molecule has 0 N–H and O–H groups in total. The Hall–Kier alpha value is -2.37. The van der Waals surface area contributed by atoms with Crippen LogP contribution in [0.25, 0.3) is 0 Å². The number of amides is 1. The molecule has 1 aliphatic heterocycles. The maximum absolute atomic E-state index is 11.7. The van der Waals surface area contributed by atoms with Crippen LogP contribution in [-0.4, -0.2) is 45.7 Å². The first kappa shape index (κ1) is 14.6. The Morgan fingerprint density at radius 2 is 2.27 bits per heavy atom. The number of nitrogens with zero attached hydrogens (tertiary/aromatic N) is 4. The molecule has 0 radical (unpaired) electrons. The van der Waals surface area contributed by atoms with Crippen LogP contribution in [0.2, 0.25) is 0 Å². The van der Waals surface area contributed by atoms with Crippen LogP contribution in [0.15, 0.2) is 36.8 Å². The van der Waals surface area contributed by atoms with Crippen LogP contribution in [0.4, 0.5) is 4.79 Å². The summed E-state index contributed by atoms with van der Waals surface area (Å²) in [4.78, 5) is 22.4. The fourth-order valence-corrected chi connectivity index (χ4v) is 2.96. The molecule has 0 aliphatic carbocycles. The van der Waals surface area contributed by atoms with E-state index in [1.807, 2.05) is 30.6 Å². The number of imidazole rings is 1. The molecule has 1 amide bonds. The summed E-state index contributed by atoms with van der Waals surface area (Å²) in [5, 5.41) is 0. The van der Waals surface area contributed by atoms with Crippen LogP contribution in [0.5, 0.6) is 0 Å². The monoisotopic (exact) mass is 300 g/mol. The molecule has 6 heteroatoms. The minimum atomic E-state index is -0.257. The highest BCUT2D eigenvalue weighted by atomic mass is 16.5. The number of hydrogen-bond acceptors (Lipinski definition) is 4. The quantitative estimate of drug-likeness (QED) is 0.872. The lowest BCUT2D eigenvalue weighted by Gasteiger charge is -2.31. The van der Waals surface area contributed by atoms with E-state index in [0.29, 0.717) is 13.1 Å². The molecule has 1 saturated heterocycles. The lowest BCUT2D eigenvalue weighted by molar-refractivity contribution is 0.110. The third kappa shape index (κ3) is 3.10. The smallest absolute Gasteiger partial charge is 0.409 e. The second-order valence-electron chi connectivity index (χ2n) is 5.49. The number of piperidine rings is 1. The molecule has 22 heavy (non-hydrogen) atoms. The first-order valence-electron chi connectivity index (χ1n) is 7.51. The van der Waals surface area contributed by atoms with Gasteiger partial charge in [0.1, 0.15) is 5.82 Å².